The van der Waals surface area contributed by atoms with Gasteiger partial charge in [-0.25, -0.2) is 0 Å². The Morgan fingerprint density at radius 3 is 0.649 bits per heavy atom. The molecule has 0 spiro atoms. The number of aromatic carboxylic acids is 3. The minimum atomic E-state index is -1.54. The predicted molar refractivity (Wildman–Crippen MR) is 113 cm³/mol. The van der Waals surface area contributed by atoms with Gasteiger partial charge < -0.3 is 75.7 Å². The molecule has 0 saturated carbocycles. The summed E-state index contributed by atoms with van der Waals surface area (Å²) in [4.78, 5) is 30.6. The van der Waals surface area contributed by atoms with Crippen molar-refractivity contribution in [2.75, 3.05) is 0 Å². The van der Waals surface area contributed by atoms with E-state index < -0.39 is 86.3 Å². The summed E-state index contributed by atoms with van der Waals surface area (Å²) in [5, 5.41) is 110. The van der Waals surface area contributed by atoms with Gasteiger partial charge in [-0.2, -0.15) is 0 Å². The first kappa shape index (κ1) is 32.1. The van der Waals surface area contributed by atoms with Gasteiger partial charge in [0.2, 0.25) is 0 Å². The number of carbonyl (C=O) groups is 3. The number of phenolic OH excluding ortho intramolecular Hbond substituents is 9. The van der Waals surface area contributed by atoms with E-state index in [9.17, 15) is 29.7 Å². The summed E-state index contributed by atoms with van der Waals surface area (Å²) < 4.78 is 0. The zero-order chi connectivity index (χ0) is 27.9. The Hall–Kier alpha value is -4.86. The third-order valence-electron chi connectivity index (χ3n) is 3.92. The summed E-state index contributed by atoms with van der Waals surface area (Å²) in [5.74, 6) is -11.1. The fourth-order valence-corrected chi connectivity index (χ4v) is 2.17. The Labute approximate surface area is 224 Å². The average Bonchev–Trinajstić information content (AvgIpc) is 2.79. The summed E-state index contributed by atoms with van der Waals surface area (Å²) >= 11 is 0. The number of rotatable bonds is 3. The maximum absolute atomic E-state index is 10.2. The van der Waals surface area contributed by atoms with Gasteiger partial charge in [-0.05, 0) is 36.4 Å². The maximum atomic E-state index is 10.2. The SMILES string of the molecule is O=C([O-])c1cc(O)c(O)c(O)c1.O=C([O-])c1cc(O)c(O)c(O)c1.O=C([O-])c1cc(O)c(O)c(O)c1.[In+3]. The van der Waals surface area contributed by atoms with Gasteiger partial charge in [0.1, 0.15) is 0 Å². The van der Waals surface area contributed by atoms with Crippen LogP contribution in [-0.4, -0.2) is 89.7 Å². The fraction of sp³-hybridized carbons (Fsp3) is 0. The largest absolute Gasteiger partial charge is 3.00 e. The van der Waals surface area contributed by atoms with Crippen molar-refractivity contribution in [1.82, 2.24) is 0 Å². The molecule has 0 aromatic heterocycles. The van der Waals surface area contributed by atoms with E-state index in [1.54, 1.807) is 0 Å². The second-order valence-electron chi connectivity index (χ2n) is 6.45. The molecule has 37 heavy (non-hydrogen) atoms. The molecule has 3 aromatic carbocycles. The monoisotopic (exact) mass is 622 g/mol. The molecule has 0 fully saturated rings. The van der Waals surface area contributed by atoms with Crippen LogP contribution < -0.4 is 15.3 Å². The first-order valence-electron chi connectivity index (χ1n) is 8.95. The number of carbonyl (C=O) groups excluding carboxylic acids is 3. The molecule has 0 bridgehead atoms. The number of phenols is 9. The summed E-state index contributed by atoms with van der Waals surface area (Å²) in [7, 11) is 0. The Balaban J connectivity index is 0.000000518. The van der Waals surface area contributed by atoms with E-state index in [0.717, 1.165) is 36.4 Å². The van der Waals surface area contributed by atoms with Crippen molar-refractivity contribution in [3.8, 4) is 51.7 Å². The molecule has 3 aromatic rings. The van der Waals surface area contributed by atoms with Crippen molar-refractivity contribution in [3.63, 3.8) is 0 Å². The van der Waals surface area contributed by atoms with Gasteiger partial charge in [0.05, 0.1) is 17.9 Å². The molecule has 0 aliphatic heterocycles. The van der Waals surface area contributed by atoms with Gasteiger partial charge >= 0.3 is 25.8 Å². The molecule has 0 saturated heterocycles. The molecule has 15 nitrogen and oxygen atoms in total. The number of carboxylic acid groups (broad SMARTS) is 3. The maximum Gasteiger partial charge on any atom is 3.00 e. The normalized spacial score (nSPS) is 9.41. The van der Waals surface area contributed by atoms with Crippen molar-refractivity contribution in [2.45, 2.75) is 0 Å². The van der Waals surface area contributed by atoms with Crippen LogP contribution in [0.15, 0.2) is 36.4 Å². The van der Waals surface area contributed by atoms with Crippen LogP contribution in [0.25, 0.3) is 0 Å². The van der Waals surface area contributed by atoms with E-state index in [2.05, 4.69) is 0 Å². The first-order chi connectivity index (χ1) is 16.6. The molecule has 0 aliphatic carbocycles. The molecule has 16 heteroatoms. The predicted octanol–water partition coefficient (Wildman–Crippen LogP) is -2.88. The molecule has 0 aliphatic rings. The molecule has 0 atom stereocenters. The van der Waals surface area contributed by atoms with Crippen LogP contribution in [0.2, 0.25) is 0 Å². The van der Waals surface area contributed by atoms with Crippen LogP contribution in [0.5, 0.6) is 51.7 Å². The molecule has 0 radical (unpaired) electrons. The van der Waals surface area contributed by atoms with Crippen LogP contribution in [0.4, 0.5) is 0 Å². The molecule has 3 rings (SSSR count). The minimum absolute atomic E-state index is 0. The Morgan fingerprint density at radius 1 is 0.405 bits per heavy atom. The molecular weight excluding hydrogens is 607 g/mol. The number of benzene rings is 3. The standard InChI is InChI=1S/3C7H6O5.In/c3*8-4-1-3(7(11)12)2-5(9)6(4)10;/h3*1-2,8-10H,(H,11,12);/q;;;+3/p-3. The first-order valence-corrected chi connectivity index (χ1v) is 8.95. The number of aromatic hydroxyl groups is 9. The van der Waals surface area contributed by atoms with Crippen molar-refractivity contribution in [3.05, 3.63) is 53.1 Å². The molecular formula is C21H15InO15. The van der Waals surface area contributed by atoms with Crippen molar-refractivity contribution in [2.24, 2.45) is 0 Å². The van der Waals surface area contributed by atoms with E-state index in [1.807, 2.05) is 0 Å². The summed E-state index contributed by atoms with van der Waals surface area (Å²) in [6.45, 7) is 0. The van der Waals surface area contributed by atoms with E-state index in [1.165, 1.54) is 0 Å². The van der Waals surface area contributed by atoms with Gasteiger partial charge in [-0.1, -0.05) is 0 Å². The average molecular weight is 622 g/mol. The summed E-state index contributed by atoms with van der Waals surface area (Å²) in [6, 6.07) is 4.69. The molecule has 0 heterocycles. The van der Waals surface area contributed by atoms with Crippen molar-refractivity contribution in [1.29, 1.82) is 0 Å². The zero-order valence-electron chi connectivity index (χ0n) is 18.0. The Morgan fingerprint density at radius 2 is 0.541 bits per heavy atom. The van der Waals surface area contributed by atoms with E-state index in [4.69, 9.17) is 46.0 Å². The van der Waals surface area contributed by atoms with Crippen molar-refractivity contribution < 1.29 is 75.7 Å². The van der Waals surface area contributed by atoms with Gasteiger partial charge in [-0.3, -0.25) is 0 Å². The van der Waals surface area contributed by atoms with Gasteiger partial charge in [0.25, 0.3) is 0 Å². The summed E-state index contributed by atoms with van der Waals surface area (Å²) in [5.41, 5.74) is -1.20. The van der Waals surface area contributed by atoms with Crippen LogP contribution in [0.3, 0.4) is 0 Å². The smallest absolute Gasteiger partial charge is 0.545 e. The molecule has 0 unspecified atom stereocenters. The van der Waals surface area contributed by atoms with Gasteiger partial charge in [0, 0.05) is 16.7 Å². The molecule has 0 amide bonds. The topological polar surface area (TPSA) is 302 Å². The zero-order valence-corrected chi connectivity index (χ0v) is 21.3. The van der Waals surface area contributed by atoms with Gasteiger partial charge in [-0.15, -0.1) is 0 Å². The fourth-order valence-electron chi connectivity index (χ4n) is 2.17. The third-order valence-corrected chi connectivity index (χ3v) is 3.92. The second-order valence-corrected chi connectivity index (χ2v) is 6.45. The number of carboxylic acids is 3. The Bertz CT molecular complexity index is 1090. The minimum Gasteiger partial charge on any atom is -0.545 e. The van der Waals surface area contributed by atoms with Crippen LogP contribution in [0, 0.1) is 0 Å². The van der Waals surface area contributed by atoms with Crippen LogP contribution in [-0.2, 0) is 0 Å². The van der Waals surface area contributed by atoms with E-state index >= 15 is 0 Å². The number of hydrogen-bond acceptors (Lipinski definition) is 15. The second kappa shape index (κ2) is 13.3. The van der Waals surface area contributed by atoms with Crippen LogP contribution >= 0.6 is 0 Å². The molecule has 9 N–H and O–H groups in total. The van der Waals surface area contributed by atoms with Gasteiger partial charge in [0.15, 0.2) is 51.7 Å². The van der Waals surface area contributed by atoms with Crippen LogP contribution in [0.1, 0.15) is 31.1 Å². The van der Waals surface area contributed by atoms with E-state index in [-0.39, 0.29) is 25.8 Å². The Kier molecular flexibility index (Phi) is 11.5. The number of hydrogen-bond donors (Lipinski definition) is 9. The third kappa shape index (κ3) is 8.70. The summed E-state index contributed by atoms with van der Waals surface area (Å²) in [6.07, 6.45) is 0. The van der Waals surface area contributed by atoms with Crippen molar-refractivity contribution >= 4 is 43.8 Å². The molecule has 192 valence electrons. The quantitative estimate of drug-likeness (QED) is 0.133. The van der Waals surface area contributed by atoms with E-state index in [0.29, 0.717) is 0 Å².